The summed E-state index contributed by atoms with van der Waals surface area (Å²) in [5, 5.41) is 13.0. The highest BCUT2D eigenvalue weighted by molar-refractivity contribution is 5.84. The van der Waals surface area contributed by atoms with Crippen LogP contribution in [0.4, 0.5) is 9.59 Å². The van der Waals surface area contributed by atoms with Crippen LogP contribution < -0.4 is 16.4 Å². The highest BCUT2D eigenvalue weighted by Crippen LogP contribution is 2.08. The van der Waals surface area contributed by atoms with Crippen LogP contribution in [0, 0.1) is 0 Å². The summed E-state index contributed by atoms with van der Waals surface area (Å²) in [4.78, 5) is 33.0. The molecule has 5 N–H and O–H groups in total. The lowest BCUT2D eigenvalue weighted by molar-refractivity contribution is -0.120. The van der Waals surface area contributed by atoms with Crippen LogP contribution in [0.2, 0.25) is 0 Å². The van der Waals surface area contributed by atoms with Crippen molar-refractivity contribution in [1.82, 2.24) is 10.6 Å². The zero-order chi connectivity index (χ0) is 15.8. The van der Waals surface area contributed by atoms with Crippen LogP contribution in [0.1, 0.15) is 40.0 Å². The van der Waals surface area contributed by atoms with Crippen LogP contribution in [0.3, 0.4) is 0 Å². The molecule has 0 heterocycles. The number of nitrogens with one attached hydrogen (secondary N) is 2. The number of rotatable bonds is 7. The lowest BCUT2D eigenvalue weighted by atomic mass is 10.1. The Morgan fingerprint density at radius 3 is 2.30 bits per heavy atom. The Balaban J connectivity index is 4.08. The van der Waals surface area contributed by atoms with Gasteiger partial charge in [0.25, 0.3) is 0 Å². The number of hydrogen-bond acceptors (Lipinski definition) is 4. The molecule has 3 amide bonds. The number of alkyl carbamates (subject to hydrolysis) is 1. The van der Waals surface area contributed by atoms with Crippen molar-refractivity contribution in [3.05, 3.63) is 0 Å². The van der Waals surface area contributed by atoms with Crippen molar-refractivity contribution in [2.24, 2.45) is 5.73 Å². The molecule has 0 spiro atoms. The Hall–Kier alpha value is -1.99. The Labute approximate surface area is 118 Å². The van der Waals surface area contributed by atoms with Gasteiger partial charge in [-0.1, -0.05) is 0 Å². The molecule has 0 aromatic heterocycles. The fraction of sp³-hybridized carbons (Fsp3) is 0.750. The fourth-order valence-corrected chi connectivity index (χ4v) is 1.40. The van der Waals surface area contributed by atoms with Gasteiger partial charge in [-0.2, -0.15) is 0 Å². The summed E-state index contributed by atoms with van der Waals surface area (Å²) >= 11 is 0. The average molecular weight is 289 g/mol. The van der Waals surface area contributed by atoms with Crippen LogP contribution in [0.5, 0.6) is 0 Å². The molecule has 0 aliphatic carbocycles. The first-order valence-electron chi connectivity index (χ1n) is 6.37. The first-order valence-corrected chi connectivity index (χ1v) is 6.37. The zero-order valence-electron chi connectivity index (χ0n) is 12.1. The van der Waals surface area contributed by atoms with Crippen molar-refractivity contribution in [3.63, 3.8) is 0 Å². The maximum Gasteiger partial charge on any atom is 0.408 e. The van der Waals surface area contributed by atoms with E-state index in [4.69, 9.17) is 15.6 Å². The standard InChI is InChI=1S/C12H23N3O5/c1-12(2,3)20-11(19)15-8(9(13)16)6-4-5-7-14-10(17)18/h8,14H,4-7H2,1-3H3,(H2,13,16)(H,15,19)(H,17,18)/t8-/m0/s1. The van der Waals surface area contributed by atoms with Gasteiger partial charge in [-0.15, -0.1) is 0 Å². The number of carbonyl (C=O) groups is 3. The van der Waals surface area contributed by atoms with Gasteiger partial charge in [0.2, 0.25) is 5.91 Å². The molecule has 0 aromatic carbocycles. The number of carboxylic acid groups (broad SMARTS) is 1. The topological polar surface area (TPSA) is 131 Å². The minimum absolute atomic E-state index is 0.285. The summed E-state index contributed by atoms with van der Waals surface area (Å²) in [6, 6.07) is -0.824. The predicted molar refractivity (Wildman–Crippen MR) is 72.2 cm³/mol. The van der Waals surface area contributed by atoms with E-state index in [1.807, 2.05) is 0 Å². The molecule has 0 saturated heterocycles. The van der Waals surface area contributed by atoms with Gasteiger partial charge in [-0.25, -0.2) is 9.59 Å². The van der Waals surface area contributed by atoms with Gasteiger partial charge >= 0.3 is 12.2 Å². The van der Waals surface area contributed by atoms with E-state index in [-0.39, 0.29) is 6.54 Å². The first-order chi connectivity index (χ1) is 9.11. The molecule has 116 valence electrons. The van der Waals surface area contributed by atoms with E-state index in [0.29, 0.717) is 19.3 Å². The first kappa shape index (κ1) is 18.0. The van der Waals surface area contributed by atoms with Gasteiger partial charge in [0.1, 0.15) is 11.6 Å². The van der Waals surface area contributed by atoms with E-state index in [1.165, 1.54) is 0 Å². The third kappa shape index (κ3) is 9.98. The summed E-state index contributed by atoms with van der Waals surface area (Å²) in [7, 11) is 0. The molecule has 8 nitrogen and oxygen atoms in total. The molecule has 0 radical (unpaired) electrons. The van der Waals surface area contributed by atoms with E-state index < -0.39 is 29.7 Å². The van der Waals surface area contributed by atoms with Crippen molar-refractivity contribution in [3.8, 4) is 0 Å². The van der Waals surface area contributed by atoms with E-state index in [2.05, 4.69) is 10.6 Å². The minimum atomic E-state index is -1.09. The molecule has 0 aromatic rings. The highest BCUT2D eigenvalue weighted by atomic mass is 16.6. The summed E-state index contributed by atoms with van der Waals surface area (Å²) in [6.07, 6.45) is -0.376. The van der Waals surface area contributed by atoms with Gasteiger partial charge < -0.3 is 26.2 Å². The van der Waals surface area contributed by atoms with E-state index >= 15 is 0 Å². The van der Waals surface area contributed by atoms with Gasteiger partial charge in [0.15, 0.2) is 0 Å². The number of amides is 3. The predicted octanol–water partition coefficient (Wildman–Crippen LogP) is 0.803. The van der Waals surface area contributed by atoms with Gasteiger partial charge in [-0.3, -0.25) is 4.79 Å². The third-order valence-electron chi connectivity index (χ3n) is 2.23. The maximum atomic E-state index is 11.5. The van der Waals surface area contributed by atoms with E-state index in [1.54, 1.807) is 20.8 Å². The number of nitrogens with two attached hydrogens (primary N) is 1. The number of ether oxygens (including phenoxy) is 1. The van der Waals surface area contributed by atoms with Crippen LogP contribution >= 0.6 is 0 Å². The lowest BCUT2D eigenvalue weighted by Crippen LogP contribution is -2.46. The number of carbonyl (C=O) groups excluding carboxylic acids is 2. The van der Waals surface area contributed by atoms with E-state index in [0.717, 1.165) is 0 Å². The van der Waals surface area contributed by atoms with Crippen molar-refractivity contribution < 1.29 is 24.2 Å². The second kappa shape index (κ2) is 8.23. The number of primary amides is 1. The monoisotopic (exact) mass is 289 g/mol. The molecule has 0 fully saturated rings. The molecule has 8 heteroatoms. The molecule has 0 unspecified atom stereocenters. The smallest absolute Gasteiger partial charge is 0.408 e. The quantitative estimate of drug-likeness (QED) is 0.515. The lowest BCUT2D eigenvalue weighted by Gasteiger charge is -2.22. The molecule has 0 aliphatic heterocycles. The van der Waals surface area contributed by atoms with Crippen LogP contribution in [-0.4, -0.2) is 41.4 Å². The average Bonchev–Trinajstić information content (AvgIpc) is 2.23. The molecule has 0 aliphatic rings. The minimum Gasteiger partial charge on any atom is -0.465 e. The molecule has 1 atom stereocenters. The fourth-order valence-electron chi connectivity index (χ4n) is 1.40. The van der Waals surface area contributed by atoms with Gasteiger partial charge in [-0.05, 0) is 40.0 Å². The summed E-state index contributed by atoms with van der Waals surface area (Å²) in [5.41, 5.74) is 4.54. The van der Waals surface area contributed by atoms with Crippen LogP contribution in [0.25, 0.3) is 0 Å². The normalized spacial score (nSPS) is 12.3. The van der Waals surface area contributed by atoms with E-state index in [9.17, 15) is 14.4 Å². The van der Waals surface area contributed by atoms with Gasteiger partial charge in [0.05, 0.1) is 0 Å². The Bertz CT molecular complexity index is 351. The van der Waals surface area contributed by atoms with Gasteiger partial charge in [0, 0.05) is 6.54 Å². The largest absolute Gasteiger partial charge is 0.465 e. The molecular formula is C12H23N3O5. The molecule has 20 heavy (non-hydrogen) atoms. The van der Waals surface area contributed by atoms with Crippen molar-refractivity contribution in [2.45, 2.75) is 51.7 Å². The second-order valence-corrected chi connectivity index (χ2v) is 5.33. The maximum absolute atomic E-state index is 11.5. The molecular weight excluding hydrogens is 266 g/mol. The summed E-state index contributed by atoms with van der Waals surface area (Å²) in [5.74, 6) is -0.651. The number of hydrogen-bond donors (Lipinski definition) is 4. The highest BCUT2D eigenvalue weighted by Gasteiger charge is 2.22. The molecule has 0 bridgehead atoms. The zero-order valence-corrected chi connectivity index (χ0v) is 12.1. The van der Waals surface area contributed by atoms with Crippen LogP contribution in [0.15, 0.2) is 0 Å². The van der Waals surface area contributed by atoms with Crippen molar-refractivity contribution in [1.29, 1.82) is 0 Å². The summed E-state index contributed by atoms with van der Waals surface area (Å²) in [6.45, 7) is 5.42. The number of unbranched alkanes of at least 4 members (excludes halogenated alkanes) is 1. The molecule has 0 saturated carbocycles. The summed E-state index contributed by atoms with van der Waals surface area (Å²) < 4.78 is 5.03. The third-order valence-corrected chi connectivity index (χ3v) is 2.23. The van der Waals surface area contributed by atoms with Crippen molar-refractivity contribution in [2.75, 3.05) is 6.54 Å². The van der Waals surface area contributed by atoms with Crippen LogP contribution in [-0.2, 0) is 9.53 Å². The Morgan fingerprint density at radius 1 is 1.25 bits per heavy atom. The van der Waals surface area contributed by atoms with Crippen molar-refractivity contribution >= 4 is 18.1 Å². The SMILES string of the molecule is CC(C)(C)OC(=O)N[C@@H](CCCCNC(=O)O)C(N)=O. The Kier molecular flexibility index (Phi) is 7.42. The Morgan fingerprint density at radius 2 is 1.85 bits per heavy atom. The second-order valence-electron chi connectivity index (χ2n) is 5.33. The molecule has 0 rings (SSSR count).